The van der Waals surface area contributed by atoms with E-state index in [4.69, 9.17) is 5.11 Å². The smallest absolute Gasteiger partial charge is 0.329 e. The molecule has 1 rings (SSSR count). The van der Waals surface area contributed by atoms with Crippen molar-refractivity contribution in [3.8, 4) is 0 Å². The van der Waals surface area contributed by atoms with Gasteiger partial charge in [-0.15, -0.1) is 0 Å². The zero-order valence-electron chi connectivity index (χ0n) is 7.94. The van der Waals surface area contributed by atoms with Crippen LogP contribution >= 0.6 is 0 Å². The maximum absolute atomic E-state index is 10.3. The summed E-state index contributed by atoms with van der Waals surface area (Å²) in [6.45, 7) is 3.97. The predicted molar refractivity (Wildman–Crippen MR) is 50.5 cm³/mol. The number of rotatable bonds is 2. The zero-order chi connectivity index (χ0) is 9.68. The lowest BCUT2D eigenvalue weighted by Crippen LogP contribution is -2.25. The molecular formula is C9H16N2O2. The fraction of sp³-hybridized carbons (Fsp3) is 0.667. The summed E-state index contributed by atoms with van der Waals surface area (Å²) in [5, 5.41) is 8.44. The van der Waals surface area contributed by atoms with Crippen molar-refractivity contribution >= 4 is 5.97 Å². The highest BCUT2D eigenvalue weighted by Gasteiger charge is 2.08. The predicted octanol–water partition coefficient (Wildman–Crippen LogP) is 0.222. The molecule has 1 heterocycles. The number of likely N-dealkylation sites (N-methyl/N-ethyl adjacent to an activating group) is 1. The van der Waals surface area contributed by atoms with Crippen molar-refractivity contribution in [2.75, 3.05) is 33.2 Å². The minimum atomic E-state index is -0.877. The fourth-order valence-corrected chi connectivity index (χ4v) is 1.38. The van der Waals surface area contributed by atoms with Gasteiger partial charge in [-0.05, 0) is 20.0 Å². The van der Waals surface area contributed by atoms with Gasteiger partial charge >= 0.3 is 5.97 Å². The van der Waals surface area contributed by atoms with E-state index in [1.165, 1.54) is 6.08 Å². The molecular weight excluding hydrogens is 168 g/mol. The van der Waals surface area contributed by atoms with Gasteiger partial charge in [0, 0.05) is 31.9 Å². The number of nitrogens with zero attached hydrogens (tertiary/aromatic N) is 2. The molecule has 1 aliphatic rings. The maximum Gasteiger partial charge on any atom is 0.329 e. The van der Waals surface area contributed by atoms with Crippen LogP contribution in [-0.4, -0.2) is 54.1 Å². The van der Waals surface area contributed by atoms with Gasteiger partial charge in [0.2, 0.25) is 0 Å². The molecule has 0 amide bonds. The minimum Gasteiger partial charge on any atom is -0.478 e. The van der Waals surface area contributed by atoms with Gasteiger partial charge in [0.15, 0.2) is 0 Å². The van der Waals surface area contributed by atoms with Gasteiger partial charge in [0.05, 0.1) is 0 Å². The number of hydrogen-bond donors (Lipinski definition) is 1. The first-order chi connectivity index (χ1) is 6.18. The summed E-state index contributed by atoms with van der Waals surface area (Å²) in [5.74, 6) is -0.877. The third-order valence-electron chi connectivity index (χ3n) is 2.18. The molecule has 0 bridgehead atoms. The molecule has 0 aromatic rings. The molecule has 1 fully saturated rings. The summed E-state index contributed by atoms with van der Waals surface area (Å²) >= 11 is 0. The Labute approximate surface area is 78.4 Å². The van der Waals surface area contributed by atoms with E-state index >= 15 is 0 Å². The highest BCUT2D eigenvalue weighted by molar-refractivity contribution is 5.79. The van der Waals surface area contributed by atoms with Crippen molar-refractivity contribution in [1.82, 2.24) is 9.80 Å². The molecule has 0 aromatic carbocycles. The Hall–Kier alpha value is -1.03. The summed E-state index contributed by atoms with van der Waals surface area (Å²) in [6, 6.07) is 0. The quantitative estimate of drug-likeness (QED) is 0.624. The second-order valence-corrected chi connectivity index (χ2v) is 3.35. The van der Waals surface area contributed by atoms with Crippen LogP contribution in [0.3, 0.4) is 0 Å². The van der Waals surface area contributed by atoms with Gasteiger partial charge in [-0.25, -0.2) is 4.79 Å². The van der Waals surface area contributed by atoms with E-state index in [9.17, 15) is 4.79 Å². The number of carboxylic acids is 1. The van der Waals surface area contributed by atoms with Crippen LogP contribution in [0.25, 0.3) is 0 Å². The first-order valence-electron chi connectivity index (χ1n) is 4.52. The molecule has 13 heavy (non-hydrogen) atoms. The molecule has 1 aliphatic heterocycles. The third kappa shape index (κ3) is 3.94. The van der Waals surface area contributed by atoms with Crippen LogP contribution in [0.15, 0.2) is 12.3 Å². The van der Waals surface area contributed by atoms with Gasteiger partial charge in [0.1, 0.15) is 0 Å². The van der Waals surface area contributed by atoms with Gasteiger partial charge in [0.25, 0.3) is 0 Å². The van der Waals surface area contributed by atoms with E-state index in [0.717, 1.165) is 32.6 Å². The molecule has 0 aromatic heterocycles. The Kier molecular flexibility index (Phi) is 3.76. The van der Waals surface area contributed by atoms with Crippen molar-refractivity contribution in [3.05, 3.63) is 12.3 Å². The molecule has 0 aliphatic carbocycles. The maximum atomic E-state index is 10.3. The third-order valence-corrected chi connectivity index (χ3v) is 2.18. The highest BCUT2D eigenvalue weighted by atomic mass is 16.4. The highest BCUT2D eigenvalue weighted by Crippen LogP contribution is 2.00. The lowest BCUT2D eigenvalue weighted by Gasteiger charge is -2.16. The number of aliphatic carboxylic acids is 1. The molecule has 74 valence electrons. The van der Waals surface area contributed by atoms with Crippen LogP contribution in [0.2, 0.25) is 0 Å². The Morgan fingerprint density at radius 2 is 2.08 bits per heavy atom. The molecule has 0 radical (unpaired) electrons. The molecule has 1 saturated heterocycles. The topological polar surface area (TPSA) is 43.8 Å². The fourth-order valence-electron chi connectivity index (χ4n) is 1.38. The van der Waals surface area contributed by atoms with Crippen LogP contribution in [0.4, 0.5) is 0 Å². The van der Waals surface area contributed by atoms with Crippen LogP contribution in [0.1, 0.15) is 6.42 Å². The Morgan fingerprint density at radius 3 is 2.77 bits per heavy atom. The average molecular weight is 184 g/mol. The second kappa shape index (κ2) is 4.87. The average Bonchev–Trinajstić information content (AvgIpc) is 2.27. The second-order valence-electron chi connectivity index (χ2n) is 3.35. The van der Waals surface area contributed by atoms with E-state index < -0.39 is 5.97 Å². The van der Waals surface area contributed by atoms with Crippen molar-refractivity contribution in [3.63, 3.8) is 0 Å². The Morgan fingerprint density at radius 1 is 1.31 bits per heavy atom. The number of carbonyl (C=O) groups is 1. The van der Waals surface area contributed by atoms with Gasteiger partial charge in [-0.1, -0.05) is 0 Å². The molecule has 0 spiro atoms. The number of carboxylic acid groups (broad SMARTS) is 1. The van der Waals surface area contributed by atoms with Gasteiger partial charge in [-0.2, -0.15) is 0 Å². The van der Waals surface area contributed by atoms with Gasteiger partial charge < -0.3 is 14.9 Å². The molecule has 0 saturated carbocycles. The van der Waals surface area contributed by atoms with Crippen LogP contribution in [-0.2, 0) is 4.79 Å². The van der Waals surface area contributed by atoms with Crippen molar-refractivity contribution in [2.24, 2.45) is 0 Å². The summed E-state index contributed by atoms with van der Waals surface area (Å²) < 4.78 is 0. The molecule has 4 nitrogen and oxygen atoms in total. The van der Waals surface area contributed by atoms with E-state index in [2.05, 4.69) is 16.8 Å². The Bertz CT molecular complexity index is 204. The first-order valence-corrected chi connectivity index (χ1v) is 4.52. The van der Waals surface area contributed by atoms with Crippen molar-refractivity contribution in [1.29, 1.82) is 0 Å². The van der Waals surface area contributed by atoms with Crippen LogP contribution in [0.5, 0.6) is 0 Å². The minimum absolute atomic E-state index is 0.877. The number of hydrogen-bond acceptors (Lipinski definition) is 3. The summed E-state index contributed by atoms with van der Waals surface area (Å²) in [6.07, 6.45) is 3.97. The summed E-state index contributed by atoms with van der Waals surface area (Å²) in [5.41, 5.74) is 0. The molecule has 0 atom stereocenters. The zero-order valence-corrected chi connectivity index (χ0v) is 7.94. The lowest BCUT2D eigenvalue weighted by atomic mass is 10.4. The van der Waals surface area contributed by atoms with E-state index in [1.807, 2.05) is 0 Å². The lowest BCUT2D eigenvalue weighted by molar-refractivity contribution is -0.131. The molecule has 1 N–H and O–H groups in total. The van der Waals surface area contributed by atoms with Crippen molar-refractivity contribution in [2.45, 2.75) is 6.42 Å². The first kappa shape index (κ1) is 10.1. The standard InChI is InChI=1S/C9H16N2O2/c1-10-4-2-5-11(8-7-10)6-3-9(12)13/h3,6H,2,4-5,7-8H2,1H3,(H,12,13). The van der Waals surface area contributed by atoms with Crippen LogP contribution < -0.4 is 0 Å². The Balaban J connectivity index is 2.38. The largest absolute Gasteiger partial charge is 0.478 e. The van der Waals surface area contributed by atoms with E-state index in [-0.39, 0.29) is 0 Å². The summed E-state index contributed by atoms with van der Waals surface area (Å²) in [4.78, 5) is 14.6. The van der Waals surface area contributed by atoms with Gasteiger partial charge in [-0.3, -0.25) is 0 Å². The molecule has 0 unspecified atom stereocenters. The SMILES string of the molecule is CN1CCCN(C=CC(=O)O)CC1. The summed E-state index contributed by atoms with van der Waals surface area (Å²) in [7, 11) is 2.09. The normalized spacial score (nSPS) is 20.5. The van der Waals surface area contributed by atoms with Crippen molar-refractivity contribution < 1.29 is 9.90 Å². The molecule has 4 heteroatoms. The monoisotopic (exact) mass is 184 g/mol. The van der Waals surface area contributed by atoms with E-state index in [0.29, 0.717) is 0 Å². The van der Waals surface area contributed by atoms with E-state index in [1.54, 1.807) is 6.20 Å². The van der Waals surface area contributed by atoms with Crippen LogP contribution in [0, 0.1) is 0 Å².